The van der Waals surface area contributed by atoms with Crippen LogP contribution in [0.15, 0.2) is 30.3 Å². The van der Waals surface area contributed by atoms with E-state index >= 15 is 0 Å². The minimum absolute atomic E-state index is 0.00800. The fourth-order valence-electron chi connectivity index (χ4n) is 3.67. The number of amides is 2. The minimum atomic E-state index is -1.11. The quantitative estimate of drug-likeness (QED) is 0.860. The maximum absolute atomic E-state index is 12.5. The number of rotatable bonds is 5. The topological polar surface area (TPSA) is 86.7 Å². The van der Waals surface area contributed by atoms with Gasteiger partial charge in [0.15, 0.2) is 6.04 Å². The average molecular weight is 330 g/mol. The van der Waals surface area contributed by atoms with E-state index in [0.29, 0.717) is 12.1 Å². The number of hydrogen-bond acceptors (Lipinski definition) is 3. The van der Waals surface area contributed by atoms with E-state index in [1.165, 1.54) is 0 Å². The summed E-state index contributed by atoms with van der Waals surface area (Å²) in [6.45, 7) is 0.399. The van der Waals surface area contributed by atoms with Gasteiger partial charge in [0.1, 0.15) is 0 Å². The Balaban J connectivity index is 1.65. The lowest BCUT2D eigenvalue weighted by Gasteiger charge is -2.24. The zero-order valence-electron chi connectivity index (χ0n) is 13.5. The van der Waals surface area contributed by atoms with Crippen molar-refractivity contribution in [2.45, 2.75) is 44.2 Å². The largest absolute Gasteiger partial charge is 0.479 e. The molecule has 24 heavy (non-hydrogen) atoms. The van der Waals surface area contributed by atoms with Gasteiger partial charge in [0.25, 0.3) is 0 Å². The maximum Gasteiger partial charge on any atom is 0.330 e. The summed E-state index contributed by atoms with van der Waals surface area (Å²) < 4.78 is 0. The zero-order valence-corrected chi connectivity index (χ0v) is 13.5. The second kappa shape index (κ2) is 7.03. The molecule has 0 bridgehead atoms. The van der Waals surface area contributed by atoms with Gasteiger partial charge in [-0.3, -0.25) is 9.59 Å². The third-order valence-corrected chi connectivity index (χ3v) is 4.96. The minimum Gasteiger partial charge on any atom is -0.479 e. The van der Waals surface area contributed by atoms with Gasteiger partial charge in [0, 0.05) is 19.0 Å². The van der Waals surface area contributed by atoms with Gasteiger partial charge in [-0.05, 0) is 18.4 Å². The van der Waals surface area contributed by atoms with Crippen molar-refractivity contribution in [1.29, 1.82) is 0 Å². The molecule has 2 atom stereocenters. The van der Waals surface area contributed by atoms with E-state index in [-0.39, 0.29) is 24.3 Å². The molecule has 3 rings (SSSR count). The van der Waals surface area contributed by atoms with Crippen LogP contribution >= 0.6 is 0 Å². The summed E-state index contributed by atoms with van der Waals surface area (Å²) in [5.41, 5.74) is 0.523. The average Bonchev–Trinajstić information content (AvgIpc) is 3.22. The van der Waals surface area contributed by atoms with Crippen molar-refractivity contribution >= 4 is 17.8 Å². The summed E-state index contributed by atoms with van der Waals surface area (Å²) in [6, 6.07) is 7.76. The highest BCUT2D eigenvalue weighted by Crippen LogP contribution is 2.29. The first-order valence-corrected chi connectivity index (χ1v) is 8.44. The molecule has 1 aromatic carbocycles. The Kier molecular flexibility index (Phi) is 4.83. The summed E-state index contributed by atoms with van der Waals surface area (Å²) in [5, 5.41) is 12.0. The molecule has 1 saturated carbocycles. The van der Waals surface area contributed by atoms with Crippen molar-refractivity contribution in [2.75, 3.05) is 6.54 Å². The van der Waals surface area contributed by atoms with E-state index in [0.717, 1.165) is 25.7 Å². The van der Waals surface area contributed by atoms with Crippen LogP contribution in [-0.4, -0.2) is 40.4 Å². The smallest absolute Gasteiger partial charge is 0.330 e. The normalized spacial score (nSPS) is 22.6. The highest BCUT2D eigenvalue weighted by atomic mass is 16.4. The van der Waals surface area contributed by atoms with Crippen LogP contribution in [-0.2, 0) is 14.4 Å². The lowest BCUT2D eigenvalue weighted by atomic mass is 10.0. The van der Waals surface area contributed by atoms with Crippen LogP contribution in [0.5, 0.6) is 0 Å². The molecule has 128 valence electrons. The second-order valence-electron chi connectivity index (χ2n) is 6.58. The highest BCUT2D eigenvalue weighted by Gasteiger charge is 2.39. The van der Waals surface area contributed by atoms with Crippen LogP contribution in [0.4, 0.5) is 0 Å². The van der Waals surface area contributed by atoms with E-state index in [9.17, 15) is 19.5 Å². The van der Waals surface area contributed by atoms with E-state index in [2.05, 4.69) is 5.32 Å². The number of nitrogens with zero attached hydrogens (tertiary/aromatic N) is 1. The highest BCUT2D eigenvalue weighted by molar-refractivity contribution is 5.91. The molecule has 6 heteroatoms. The number of nitrogens with one attached hydrogen (secondary N) is 1. The molecule has 0 spiro atoms. The Morgan fingerprint density at radius 3 is 2.46 bits per heavy atom. The molecule has 6 nitrogen and oxygen atoms in total. The number of carbonyl (C=O) groups excluding carboxylic acids is 2. The summed E-state index contributed by atoms with van der Waals surface area (Å²) >= 11 is 0. The summed E-state index contributed by atoms with van der Waals surface area (Å²) in [5.74, 6) is -1.93. The van der Waals surface area contributed by atoms with E-state index < -0.39 is 17.9 Å². The van der Waals surface area contributed by atoms with Crippen LogP contribution in [0.1, 0.15) is 43.7 Å². The van der Waals surface area contributed by atoms with Crippen molar-refractivity contribution in [3.8, 4) is 0 Å². The Morgan fingerprint density at radius 1 is 1.17 bits per heavy atom. The fraction of sp³-hybridized carbons (Fsp3) is 0.500. The molecule has 0 radical (unpaired) electrons. The van der Waals surface area contributed by atoms with Gasteiger partial charge in [-0.2, -0.15) is 0 Å². The van der Waals surface area contributed by atoms with Gasteiger partial charge in [-0.15, -0.1) is 0 Å². The lowest BCUT2D eigenvalue weighted by molar-refractivity contribution is -0.142. The van der Waals surface area contributed by atoms with Gasteiger partial charge in [-0.25, -0.2) is 4.79 Å². The Bertz CT molecular complexity index is 625. The summed E-state index contributed by atoms with van der Waals surface area (Å²) in [6.07, 6.45) is 4.42. The van der Waals surface area contributed by atoms with E-state index in [1.807, 2.05) is 4.90 Å². The first-order chi connectivity index (χ1) is 11.6. The predicted octanol–water partition coefficient (Wildman–Crippen LogP) is 1.72. The van der Waals surface area contributed by atoms with Gasteiger partial charge in [0.05, 0.1) is 5.92 Å². The lowest BCUT2D eigenvalue weighted by Crippen LogP contribution is -2.40. The molecule has 1 aliphatic carbocycles. The molecule has 0 aromatic heterocycles. The SMILES string of the molecule is O=C(N[C@H](C(=O)O)c1ccccc1)[C@H]1CC(=O)N(C2CCCC2)C1. The van der Waals surface area contributed by atoms with Gasteiger partial charge in [0.2, 0.25) is 11.8 Å². The Morgan fingerprint density at radius 2 is 1.83 bits per heavy atom. The second-order valence-corrected chi connectivity index (χ2v) is 6.58. The summed E-state index contributed by atoms with van der Waals surface area (Å²) in [7, 11) is 0. The number of aliphatic carboxylic acids is 1. The Labute approximate surface area is 140 Å². The number of carboxylic acids is 1. The third-order valence-electron chi connectivity index (χ3n) is 4.96. The number of benzene rings is 1. The van der Waals surface area contributed by atoms with Gasteiger partial charge >= 0.3 is 5.97 Å². The molecule has 2 amide bonds. The molecule has 2 aliphatic rings. The molecule has 1 heterocycles. The van der Waals surface area contributed by atoms with Gasteiger partial charge in [-0.1, -0.05) is 43.2 Å². The molecule has 1 aliphatic heterocycles. The van der Waals surface area contributed by atoms with Gasteiger partial charge < -0.3 is 15.3 Å². The molecule has 2 fully saturated rings. The van der Waals surface area contributed by atoms with Crippen molar-refractivity contribution in [3.05, 3.63) is 35.9 Å². The monoisotopic (exact) mass is 330 g/mol. The third kappa shape index (κ3) is 3.42. The molecule has 1 aromatic rings. The standard InChI is InChI=1S/C18H22N2O4/c21-15-10-13(11-20(15)14-8-4-5-9-14)17(22)19-16(18(23)24)12-6-2-1-3-7-12/h1-3,6-7,13-14,16H,4-5,8-11H2,(H,19,22)(H,23,24)/t13-,16-/m0/s1. The first-order valence-electron chi connectivity index (χ1n) is 8.44. The Hall–Kier alpha value is -2.37. The van der Waals surface area contributed by atoms with Crippen LogP contribution in [0.25, 0.3) is 0 Å². The first kappa shape index (κ1) is 16.5. The van der Waals surface area contributed by atoms with Crippen molar-refractivity contribution in [1.82, 2.24) is 10.2 Å². The van der Waals surface area contributed by atoms with Crippen LogP contribution in [0, 0.1) is 5.92 Å². The number of likely N-dealkylation sites (tertiary alicyclic amines) is 1. The summed E-state index contributed by atoms with van der Waals surface area (Å²) in [4.78, 5) is 38.0. The van der Waals surface area contributed by atoms with Crippen LogP contribution in [0.2, 0.25) is 0 Å². The molecular formula is C18H22N2O4. The van der Waals surface area contributed by atoms with Crippen molar-refractivity contribution in [3.63, 3.8) is 0 Å². The zero-order chi connectivity index (χ0) is 17.1. The number of carbonyl (C=O) groups is 3. The number of carboxylic acid groups (broad SMARTS) is 1. The predicted molar refractivity (Wildman–Crippen MR) is 87.0 cm³/mol. The van der Waals surface area contributed by atoms with Crippen molar-refractivity contribution < 1.29 is 19.5 Å². The van der Waals surface area contributed by atoms with Crippen LogP contribution in [0.3, 0.4) is 0 Å². The van der Waals surface area contributed by atoms with Crippen molar-refractivity contribution in [2.24, 2.45) is 5.92 Å². The van der Waals surface area contributed by atoms with E-state index in [4.69, 9.17) is 0 Å². The molecule has 0 unspecified atom stereocenters. The fourth-order valence-corrected chi connectivity index (χ4v) is 3.67. The number of hydrogen-bond donors (Lipinski definition) is 2. The van der Waals surface area contributed by atoms with E-state index in [1.54, 1.807) is 30.3 Å². The van der Waals surface area contributed by atoms with Crippen LogP contribution < -0.4 is 5.32 Å². The molecule has 1 saturated heterocycles. The molecular weight excluding hydrogens is 308 g/mol. The maximum atomic E-state index is 12.5. The molecule has 2 N–H and O–H groups in total.